The number of nitriles is 2. The molecule has 1 atom stereocenters. The maximum absolute atomic E-state index is 15.0. The van der Waals surface area contributed by atoms with E-state index < -0.39 is 29.7 Å². The van der Waals surface area contributed by atoms with Gasteiger partial charge in [0.15, 0.2) is 17.8 Å². The number of piperidine rings is 1. The van der Waals surface area contributed by atoms with Crippen molar-refractivity contribution in [2.75, 3.05) is 31.7 Å². The molecule has 306 valence electrons. The minimum atomic E-state index is -0.730. The second kappa shape index (κ2) is 18.9. The normalized spacial score (nSPS) is 15.9. The molecule has 0 radical (unpaired) electrons. The van der Waals surface area contributed by atoms with Gasteiger partial charge in [-0.05, 0) is 99.6 Å². The molecular weight excluding hydrogens is 756 g/mol. The molecule has 2 aliphatic heterocycles. The number of benzene rings is 3. The lowest BCUT2D eigenvalue weighted by Gasteiger charge is -2.39. The smallest absolute Gasteiger partial charge is 0.410 e. The Bertz CT molecular complexity index is 2260. The number of ether oxygens (including phenoxy) is 3. The van der Waals surface area contributed by atoms with Crippen molar-refractivity contribution in [2.24, 2.45) is 0 Å². The Morgan fingerprint density at radius 3 is 2.36 bits per heavy atom. The Balaban J connectivity index is 1.21. The van der Waals surface area contributed by atoms with Crippen molar-refractivity contribution in [3.63, 3.8) is 0 Å². The number of anilines is 1. The molecule has 14 heteroatoms. The Morgan fingerprint density at radius 1 is 1.00 bits per heavy atom. The maximum atomic E-state index is 15.0. The molecule has 2 amide bonds. The van der Waals surface area contributed by atoms with Crippen LogP contribution in [0.25, 0.3) is 28.5 Å². The molecule has 1 unspecified atom stereocenters. The number of methoxy groups -OCH3 is 1. The van der Waals surface area contributed by atoms with Crippen molar-refractivity contribution in [1.82, 2.24) is 15.4 Å². The van der Waals surface area contributed by atoms with Crippen molar-refractivity contribution in [3.05, 3.63) is 101 Å². The summed E-state index contributed by atoms with van der Waals surface area (Å²) in [5.74, 6) is -0.551. The molecule has 3 aromatic carbocycles. The van der Waals surface area contributed by atoms with Crippen molar-refractivity contribution >= 4 is 23.9 Å². The number of nitrogens with one attached hydrogen (secondary N) is 1. The van der Waals surface area contributed by atoms with Crippen LogP contribution in [0.5, 0.6) is 11.5 Å². The zero-order valence-corrected chi connectivity index (χ0v) is 33.5. The number of hydroxylamine groups is 1. The second-order valence-corrected chi connectivity index (χ2v) is 15.3. The maximum Gasteiger partial charge on any atom is 0.410 e. The number of carbonyl (C=O) groups excluding carboxylic acids is 2. The van der Waals surface area contributed by atoms with Gasteiger partial charge in [0.25, 0.3) is 5.91 Å². The Hall–Kier alpha value is -6.48. The van der Waals surface area contributed by atoms with Crippen LogP contribution in [0.3, 0.4) is 0 Å². The largest absolute Gasteiger partial charge is 0.504 e. The monoisotopic (exact) mass is 802 g/mol. The van der Waals surface area contributed by atoms with E-state index in [1.807, 2.05) is 56.0 Å². The lowest BCUT2D eigenvalue weighted by molar-refractivity contribution is -0.198. The van der Waals surface area contributed by atoms with E-state index in [9.17, 15) is 25.2 Å². The van der Waals surface area contributed by atoms with E-state index in [-0.39, 0.29) is 35.2 Å². The van der Waals surface area contributed by atoms with Gasteiger partial charge in [-0.3, -0.25) is 4.79 Å². The predicted molar refractivity (Wildman–Crippen MR) is 218 cm³/mol. The first kappa shape index (κ1) is 42.1. The van der Waals surface area contributed by atoms with Crippen molar-refractivity contribution < 1.29 is 38.1 Å². The number of hydrogen-bond acceptors (Lipinski definition) is 11. The molecule has 59 heavy (non-hydrogen) atoms. The van der Waals surface area contributed by atoms with Gasteiger partial charge in [-0.2, -0.15) is 10.5 Å². The number of halogens is 1. The lowest BCUT2D eigenvalue weighted by Crippen LogP contribution is -2.48. The number of hydrogen-bond donors (Lipinski definition) is 2. The average Bonchev–Trinajstić information content (AvgIpc) is 3.23. The Labute approximate surface area is 343 Å². The SMILES string of the molecule is COc1ccc(-c2c(C#N)cc(N3CCC(N(Cc4ccc(/C=C/C(=O)NOC5CCCCO5)cc4)C(=O)OC(C)(C)C)CC3)nc2-c2ccc(C#N)c(F)c2)cc1O. The van der Waals surface area contributed by atoms with Gasteiger partial charge in [-0.1, -0.05) is 36.4 Å². The third-order valence-corrected chi connectivity index (χ3v) is 10.0. The summed E-state index contributed by atoms with van der Waals surface area (Å²) in [6.07, 6.45) is 5.98. The first-order valence-electron chi connectivity index (χ1n) is 19.5. The molecule has 0 aliphatic carbocycles. The summed E-state index contributed by atoms with van der Waals surface area (Å²) >= 11 is 0. The van der Waals surface area contributed by atoms with E-state index in [1.54, 1.807) is 35.2 Å². The molecule has 0 spiro atoms. The highest BCUT2D eigenvalue weighted by molar-refractivity contribution is 5.91. The number of carbonyl (C=O) groups is 2. The first-order valence-corrected chi connectivity index (χ1v) is 19.5. The fourth-order valence-electron chi connectivity index (χ4n) is 7.02. The second-order valence-electron chi connectivity index (χ2n) is 15.3. The van der Waals surface area contributed by atoms with Gasteiger partial charge < -0.3 is 29.1 Å². The van der Waals surface area contributed by atoms with Crippen LogP contribution in [-0.2, 0) is 25.7 Å². The molecule has 0 saturated carbocycles. The van der Waals surface area contributed by atoms with Crippen molar-refractivity contribution in [3.8, 4) is 46.0 Å². The summed E-state index contributed by atoms with van der Waals surface area (Å²) in [6.45, 7) is 7.32. The lowest BCUT2D eigenvalue weighted by atomic mass is 9.93. The van der Waals surface area contributed by atoms with Crippen molar-refractivity contribution in [1.29, 1.82) is 10.5 Å². The molecule has 6 rings (SSSR count). The summed E-state index contributed by atoms with van der Waals surface area (Å²) in [5.41, 5.74) is 4.96. The summed E-state index contributed by atoms with van der Waals surface area (Å²) < 4.78 is 31.6. The number of amides is 2. The van der Waals surface area contributed by atoms with E-state index in [1.165, 1.54) is 31.4 Å². The number of pyridine rings is 1. The van der Waals surface area contributed by atoms with E-state index in [2.05, 4.69) is 11.5 Å². The van der Waals surface area contributed by atoms with Crippen LogP contribution in [-0.4, -0.2) is 71.7 Å². The van der Waals surface area contributed by atoms with Gasteiger partial charge in [0.2, 0.25) is 0 Å². The summed E-state index contributed by atoms with van der Waals surface area (Å²) in [7, 11) is 1.43. The summed E-state index contributed by atoms with van der Waals surface area (Å²) in [6, 6.07) is 22.0. The number of rotatable bonds is 11. The standard InChI is InChI=1S/C45H47FN6O7/c1-45(2,3)58-44(55)52(28-30-10-8-29(9-11-30)12-17-40(54)50-59-41-7-5-6-22-57-41)35-18-20-51(21-19-35)39-25-34(27-48)42(31-15-16-38(56-4)37(53)24-31)43(49-39)32-13-14-33(26-47)36(46)23-32/h8-17,23-25,35,41,53H,5-7,18-22,28H2,1-4H3,(H,50,54)/b17-12+. The zero-order valence-electron chi connectivity index (χ0n) is 33.5. The van der Waals surface area contributed by atoms with Crippen LogP contribution in [0.4, 0.5) is 15.0 Å². The quantitative estimate of drug-likeness (QED) is 0.111. The number of phenolic OH excluding ortho intramolecular Hbond substituents is 1. The van der Waals surface area contributed by atoms with Crippen LogP contribution in [0, 0.1) is 28.5 Å². The van der Waals surface area contributed by atoms with Gasteiger partial charge in [0, 0.05) is 55.9 Å². The molecule has 2 saturated heterocycles. The first-order chi connectivity index (χ1) is 28.3. The molecule has 1 aromatic heterocycles. The van der Waals surface area contributed by atoms with Gasteiger partial charge in [-0.15, -0.1) is 0 Å². The molecular formula is C45H47FN6O7. The molecule has 2 aliphatic rings. The van der Waals surface area contributed by atoms with E-state index in [4.69, 9.17) is 24.0 Å². The fourth-order valence-corrected chi connectivity index (χ4v) is 7.02. The van der Waals surface area contributed by atoms with Crippen LogP contribution in [0.2, 0.25) is 0 Å². The van der Waals surface area contributed by atoms with E-state index in [0.717, 1.165) is 30.4 Å². The van der Waals surface area contributed by atoms with Crippen LogP contribution in [0.15, 0.2) is 72.8 Å². The summed E-state index contributed by atoms with van der Waals surface area (Å²) in [5, 5.41) is 30.4. The van der Waals surface area contributed by atoms with Crippen LogP contribution < -0.4 is 15.1 Å². The zero-order chi connectivity index (χ0) is 42.1. The topological polar surface area (TPSA) is 170 Å². The van der Waals surface area contributed by atoms with Gasteiger partial charge >= 0.3 is 6.09 Å². The number of aromatic nitrogens is 1. The fraction of sp³-hybridized carbons (Fsp3) is 0.356. The molecule has 13 nitrogen and oxygen atoms in total. The van der Waals surface area contributed by atoms with E-state index in [0.29, 0.717) is 60.7 Å². The summed E-state index contributed by atoms with van der Waals surface area (Å²) in [4.78, 5) is 40.1. The Morgan fingerprint density at radius 2 is 1.73 bits per heavy atom. The molecule has 3 heterocycles. The number of nitrogens with zero attached hydrogens (tertiary/aromatic N) is 5. The third kappa shape index (κ3) is 10.7. The van der Waals surface area contributed by atoms with Crippen LogP contribution in [0.1, 0.15) is 75.1 Å². The van der Waals surface area contributed by atoms with Gasteiger partial charge in [0.05, 0.1) is 30.0 Å². The highest BCUT2D eigenvalue weighted by Gasteiger charge is 2.32. The molecule has 2 fully saturated rings. The highest BCUT2D eigenvalue weighted by atomic mass is 19.1. The minimum Gasteiger partial charge on any atom is -0.504 e. The highest BCUT2D eigenvalue weighted by Crippen LogP contribution is 2.40. The third-order valence-electron chi connectivity index (χ3n) is 10.0. The average molecular weight is 803 g/mol. The molecule has 4 aromatic rings. The van der Waals surface area contributed by atoms with Crippen LogP contribution >= 0.6 is 0 Å². The molecule has 0 bridgehead atoms. The predicted octanol–water partition coefficient (Wildman–Crippen LogP) is 8.01. The van der Waals surface area contributed by atoms with Gasteiger partial charge in [-0.25, -0.2) is 24.5 Å². The minimum absolute atomic E-state index is 0.130. The van der Waals surface area contributed by atoms with E-state index >= 15 is 4.39 Å². The van der Waals surface area contributed by atoms with Crippen molar-refractivity contribution in [2.45, 2.75) is 77.4 Å². The van der Waals surface area contributed by atoms with Gasteiger partial charge in [0.1, 0.15) is 23.3 Å². The molecule has 2 N–H and O–H groups in total. The number of phenols is 1. The Kier molecular flexibility index (Phi) is 13.5. The number of aromatic hydroxyl groups is 1.